The molecule has 7 heteroatoms. The van der Waals surface area contributed by atoms with E-state index in [0.29, 0.717) is 19.6 Å². The van der Waals surface area contributed by atoms with E-state index in [-0.39, 0.29) is 11.8 Å². The fraction of sp³-hybridized carbons (Fsp3) is 0.250. The lowest BCUT2D eigenvalue weighted by molar-refractivity contribution is 0.259. The van der Waals surface area contributed by atoms with Gasteiger partial charge in [-0.1, -0.05) is 36.9 Å². The van der Waals surface area contributed by atoms with Crippen molar-refractivity contribution in [2.75, 3.05) is 20.3 Å². The molecule has 6 N–H and O–H groups in total. The maximum atomic E-state index is 6.38. The Labute approximate surface area is 160 Å². The van der Waals surface area contributed by atoms with E-state index in [1.807, 2.05) is 54.6 Å². The molecule has 2 aromatic rings. The number of rotatable bonds is 9. The SMILES string of the molecule is C=C(N)/N=C(/N)N(CCCOc1ccc(OC)cc1)C(N)c1ccccc1. The average molecular weight is 369 g/mol. The Morgan fingerprint density at radius 1 is 1.07 bits per heavy atom. The second-order valence-corrected chi connectivity index (χ2v) is 5.89. The van der Waals surface area contributed by atoms with E-state index in [1.165, 1.54) is 0 Å². The Kier molecular flexibility index (Phi) is 7.51. The number of benzene rings is 2. The standard InChI is InChI=1S/C20H27N5O2/c1-15(21)24-20(23)25(19(22)16-7-4-3-5-8-16)13-6-14-27-18-11-9-17(26-2)10-12-18/h3-5,7-12,19H,1,6,13-14,21-22H2,2H3,(H2,23,24). The first kappa shape index (κ1) is 20.1. The van der Waals surface area contributed by atoms with Crippen LogP contribution in [0.5, 0.6) is 11.5 Å². The van der Waals surface area contributed by atoms with Crippen molar-refractivity contribution in [1.82, 2.24) is 4.90 Å². The van der Waals surface area contributed by atoms with Gasteiger partial charge in [0.05, 0.1) is 13.7 Å². The van der Waals surface area contributed by atoms with E-state index >= 15 is 0 Å². The molecular weight excluding hydrogens is 342 g/mol. The molecule has 0 spiro atoms. The topological polar surface area (TPSA) is 112 Å². The number of nitrogens with two attached hydrogens (primary N) is 3. The minimum Gasteiger partial charge on any atom is -0.497 e. The zero-order chi connectivity index (χ0) is 19.6. The normalized spacial score (nSPS) is 12.3. The molecule has 27 heavy (non-hydrogen) atoms. The molecule has 0 aliphatic rings. The van der Waals surface area contributed by atoms with Crippen LogP contribution < -0.4 is 26.7 Å². The number of hydrogen-bond acceptors (Lipinski definition) is 5. The van der Waals surface area contributed by atoms with Crippen LogP contribution in [-0.2, 0) is 0 Å². The smallest absolute Gasteiger partial charge is 0.199 e. The molecule has 2 rings (SSSR count). The summed E-state index contributed by atoms with van der Waals surface area (Å²) in [7, 11) is 1.63. The van der Waals surface area contributed by atoms with Crippen LogP contribution in [0.25, 0.3) is 0 Å². The molecule has 0 aliphatic heterocycles. The highest BCUT2D eigenvalue weighted by Crippen LogP contribution is 2.18. The van der Waals surface area contributed by atoms with Crippen LogP contribution in [0.2, 0.25) is 0 Å². The van der Waals surface area contributed by atoms with Crippen molar-refractivity contribution in [2.24, 2.45) is 22.2 Å². The Morgan fingerprint density at radius 2 is 1.70 bits per heavy atom. The van der Waals surface area contributed by atoms with Crippen molar-refractivity contribution in [1.29, 1.82) is 0 Å². The van der Waals surface area contributed by atoms with Gasteiger partial charge in [-0.2, -0.15) is 4.99 Å². The van der Waals surface area contributed by atoms with E-state index < -0.39 is 6.17 Å². The Balaban J connectivity index is 1.98. The van der Waals surface area contributed by atoms with E-state index in [4.69, 9.17) is 26.7 Å². The van der Waals surface area contributed by atoms with E-state index in [2.05, 4.69) is 11.6 Å². The predicted octanol–water partition coefficient (Wildman–Crippen LogP) is 2.17. The first-order valence-corrected chi connectivity index (χ1v) is 8.64. The zero-order valence-corrected chi connectivity index (χ0v) is 15.5. The fourth-order valence-electron chi connectivity index (χ4n) is 2.53. The van der Waals surface area contributed by atoms with Crippen LogP contribution in [0, 0.1) is 0 Å². The van der Waals surface area contributed by atoms with Crippen LogP contribution in [0.3, 0.4) is 0 Å². The van der Waals surface area contributed by atoms with Crippen molar-refractivity contribution in [3.63, 3.8) is 0 Å². The molecule has 1 atom stereocenters. The highest BCUT2D eigenvalue weighted by molar-refractivity contribution is 5.79. The number of aliphatic imine (C=N–C) groups is 1. The van der Waals surface area contributed by atoms with E-state index in [9.17, 15) is 0 Å². The van der Waals surface area contributed by atoms with Gasteiger partial charge in [0.15, 0.2) is 5.96 Å². The summed E-state index contributed by atoms with van der Waals surface area (Å²) in [6, 6.07) is 17.1. The number of guanidine groups is 1. The molecule has 0 fully saturated rings. The summed E-state index contributed by atoms with van der Waals surface area (Å²) >= 11 is 0. The Morgan fingerprint density at radius 3 is 2.30 bits per heavy atom. The van der Waals surface area contributed by atoms with Crippen LogP contribution in [0.1, 0.15) is 18.2 Å². The maximum Gasteiger partial charge on any atom is 0.199 e. The molecule has 0 heterocycles. The van der Waals surface area contributed by atoms with Crippen LogP contribution in [0.15, 0.2) is 72.0 Å². The van der Waals surface area contributed by atoms with Crippen molar-refractivity contribution in [3.05, 3.63) is 72.6 Å². The van der Waals surface area contributed by atoms with Gasteiger partial charge >= 0.3 is 0 Å². The molecule has 0 saturated heterocycles. The number of hydrogen-bond donors (Lipinski definition) is 3. The Bertz CT molecular complexity index is 747. The monoisotopic (exact) mass is 369 g/mol. The van der Waals surface area contributed by atoms with Gasteiger partial charge in [0.1, 0.15) is 23.5 Å². The molecule has 7 nitrogen and oxygen atoms in total. The lowest BCUT2D eigenvalue weighted by atomic mass is 10.1. The van der Waals surface area contributed by atoms with E-state index in [1.54, 1.807) is 12.0 Å². The third kappa shape index (κ3) is 6.23. The lowest BCUT2D eigenvalue weighted by Gasteiger charge is -2.30. The third-order valence-electron chi connectivity index (χ3n) is 3.90. The maximum absolute atomic E-state index is 6.38. The zero-order valence-electron chi connectivity index (χ0n) is 15.5. The van der Waals surface area contributed by atoms with Crippen molar-refractivity contribution in [2.45, 2.75) is 12.6 Å². The number of nitrogens with zero attached hydrogens (tertiary/aromatic N) is 2. The fourth-order valence-corrected chi connectivity index (χ4v) is 2.53. The summed E-state index contributed by atoms with van der Waals surface area (Å²) in [6.07, 6.45) is 0.245. The van der Waals surface area contributed by atoms with Crippen LogP contribution in [0.4, 0.5) is 0 Å². The summed E-state index contributed by atoms with van der Waals surface area (Å²) in [5.41, 5.74) is 18.9. The van der Waals surface area contributed by atoms with E-state index in [0.717, 1.165) is 17.1 Å². The summed E-state index contributed by atoms with van der Waals surface area (Å²) in [4.78, 5) is 5.83. The van der Waals surface area contributed by atoms with Gasteiger partial charge < -0.3 is 31.6 Å². The number of ether oxygens (including phenoxy) is 2. The highest BCUT2D eigenvalue weighted by Gasteiger charge is 2.18. The number of methoxy groups -OCH3 is 1. The van der Waals surface area contributed by atoms with Gasteiger partial charge in [-0.05, 0) is 36.2 Å². The summed E-state index contributed by atoms with van der Waals surface area (Å²) in [5.74, 6) is 1.91. The molecule has 2 aromatic carbocycles. The molecule has 0 amide bonds. The second kappa shape index (κ2) is 10.1. The average Bonchev–Trinajstić information content (AvgIpc) is 2.68. The summed E-state index contributed by atoms with van der Waals surface area (Å²) in [5, 5.41) is 0. The van der Waals surface area contributed by atoms with Crippen LogP contribution in [-0.4, -0.2) is 31.1 Å². The van der Waals surface area contributed by atoms with Gasteiger partial charge in [-0.15, -0.1) is 0 Å². The molecule has 0 bridgehead atoms. The third-order valence-corrected chi connectivity index (χ3v) is 3.90. The minimum atomic E-state index is -0.449. The first-order chi connectivity index (χ1) is 13.0. The molecule has 0 saturated carbocycles. The molecule has 0 aliphatic carbocycles. The molecule has 1 unspecified atom stereocenters. The lowest BCUT2D eigenvalue weighted by Crippen LogP contribution is -2.44. The van der Waals surface area contributed by atoms with Crippen molar-refractivity contribution < 1.29 is 9.47 Å². The largest absolute Gasteiger partial charge is 0.497 e. The minimum absolute atomic E-state index is 0.132. The summed E-state index contributed by atoms with van der Waals surface area (Å²) in [6.45, 7) is 4.62. The molecule has 144 valence electrons. The molecular formula is C20H27N5O2. The van der Waals surface area contributed by atoms with Crippen molar-refractivity contribution in [3.8, 4) is 11.5 Å². The van der Waals surface area contributed by atoms with Gasteiger partial charge in [0, 0.05) is 6.54 Å². The highest BCUT2D eigenvalue weighted by atomic mass is 16.5. The molecule has 0 aromatic heterocycles. The Hall–Kier alpha value is -3.19. The van der Waals surface area contributed by atoms with Gasteiger partial charge in [0.2, 0.25) is 0 Å². The van der Waals surface area contributed by atoms with Crippen LogP contribution >= 0.6 is 0 Å². The van der Waals surface area contributed by atoms with Gasteiger partial charge in [0.25, 0.3) is 0 Å². The first-order valence-electron chi connectivity index (χ1n) is 8.64. The quantitative estimate of drug-likeness (QED) is 0.270. The summed E-state index contributed by atoms with van der Waals surface area (Å²) < 4.78 is 10.9. The van der Waals surface area contributed by atoms with Crippen molar-refractivity contribution >= 4 is 5.96 Å². The predicted molar refractivity (Wildman–Crippen MR) is 108 cm³/mol. The second-order valence-electron chi connectivity index (χ2n) is 5.89. The molecule has 0 radical (unpaired) electrons. The van der Waals surface area contributed by atoms with Gasteiger partial charge in [-0.3, -0.25) is 0 Å². The van der Waals surface area contributed by atoms with Gasteiger partial charge in [-0.25, -0.2) is 0 Å².